The summed E-state index contributed by atoms with van der Waals surface area (Å²) in [6.07, 6.45) is 0.391. The monoisotopic (exact) mass is 238 g/mol. The van der Waals surface area contributed by atoms with Crippen LogP contribution in [0.25, 0.3) is 0 Å². The molecule has 1 atom stereocenters. The maximum absolute atomic E-state index is 9.31. The van der Waals surface area contributed by atoms with Gasteiger partial charge in [0, 0.05) is 0 Å². The predicted octanol–water partition coefficient (Wildman–Crippen LogP) is 3.13. The molecule has 0 radical (unpaired) electrons. The van der Waals surface area contributed by atoms with E-state index in [2.05, 4.69) is 0 Å². The molecule has 1 N–H and O–H groups in total. The van der Waals surface area contributed by atoms with Gasteiger partial charge >= 0.3 is 0 Å². The minimum absolute atomic E-state index is 0.489. The van der Waals surface area contributed by atoms with Crippen LogP contribution in [0.1, 0.15) is 19.8 Å². The van der Waals surface area contributed by atoms with Crippen molar-refractivity contribution in [2.45, 2.75) is 35.0 Å². The van der Waals surface area contributed by atoms with Gasteiger partial charge in [-0.3, -0.25) is 0 Å². The normalized spacial score (nSPS) is 15.5. The molecule has 0 aromatic heterocycles. The third-order valence-corrected chi connectivity index (χ3v) is 3.37. The fourth-order valence-corrected chi connectivity index (χ4v) is 1.12. The highest BCUT2D eigenvalue weighted by molar-refractivity contribution is 6.60. The van der Waals surface area contributed by atoms with Crippen LogP contribution < -0.4 is 0 Å². The van der Waals surface area contributed by atoms with Crippen molar-refractivity contribution in [2.75, 3.05) is 0 Å². The molecule has 68 valence electrons. The second kappa shape index (κ2) is 4.98. The average molecular weight is 240 g/mol. The van der Waals surface area contributed by atoms with Crippen molar-refractivity contribution >= 4 is 46.4 Å². The number of halogens is 4. The van der Waals surface area contributed by atoms with Crippen LogP contribution in [-0.2, 0) is 0 Å². The Morgan fingerprint density at radius 3 is 2.09 bits per heavy atom. The van der Waals surface area contributed by atoms with Gasteiger partial charge in [-0.05, 0) is 6.42 Å². The van der Waals surface area contributed by atoms with E-state index in [0.29, 0.717) is 6.42 Å². The van der Waals surface area contributed by atoms with E-state index in [0.717, 1.165) is 6.42 Å². The first-order valence-electron chi connectivity index (χ1n) is 3.27. The van der Waals surface area contributed by atoms with Crippen molar-refractivity contribution in [1.82, 2.24) is 0 Å². The van der Waals surface area contributed by atoms with E-state index in [1.54, 1.807) is 0 Å². The number of rotatable bonds is 4. The van der Waals surface area contributed by atoms with Crippen molar-refractivity contribution in [3.8, 4) is 0 Å². The van der Waals surface area contributed by atoms with Gasteiger partial charge in [-0.25, -0.2) is 0 Å². The molecule has 0 rings (SSSR count). The first-order chi connectivity index (χ1) is 4.92. The molecule has 0 saturated carbocycles. The van der Waals surface area contributed by atoms with E-state index in [-0.39, 0.29) is 0 Å². The van der Waals surface area contributed by atoms with Crippen molar-refractivity contribution in [1.29, 1.82) is 0 Å². The van der Waals surface area contributed by atoms with E-state index < -0.39 is 15.3 Å². The lowest BCUT2D eigenvalue weighted by atomic mass is 10.1. The highest BCUT2D eigenvalue weighted by Gasteiger charge is 2.39. The lowest BCUT2D eigenvalue weighted by molar-refractivity contribution is 0.148. The summed E-state index contributed by atoms with van der Waals surface area (Å²) < 4.78 is -1.46. The van der Waals surface area contributed by atoms with Gasteiger partial charge in [-0.2, -0.15) is 0 Å². The molecule has 0 aliphatic heterocycles. The molecule has 11 heavy (non-hydrogen) atoms. The van der Waals surface area contributed by atoms with Gasteiger partial charge < -0.3 is 5.11 Å². The molecule has 0 fully saturated rings. The van der Waals surface area contributed by atoms with Gasteiger partial charge in [0.25, 0.3) is 0 Å². The van der Waals surface area contributed by atoms with Gasteiger partial charge in [-0.1, -0.05) is 36.5 Å². The van der Waals surface area contributed by atoms with Crippen molar-refractivity contribution < 1.29 is 5.11 Å². The highest BCUT2D eigenvalue weighted by Crippen LogP contribution is 2.36. The molecule has 0 heterocycles. The zero-order chi connectivity index (χ0) is 9.07. The van der Waals surface area contributed by atoms with Crippen LogP contribution in [0.5, 0.6) is 0 Å². The lowest BCUT2D eigenvalue weighted by Crippen LogP contribution is -2.36. The van der Waals surface area contributed by atoms with Gasteiger partial charge in [0.1, 0.15) is 4.84 Å². The SMILES string of the molecule is CCCC(O)C(Cl)(Cl)C(Cl)Cl. The molecule has 0 aliphatic carbocycles. The Morgan fingerprint density at radius 1 is 1.36 bits per heavy atom. The van der Waals surface area contributed by atoms with Crippen molar-refractivity contribution in [2.24, 2.45) is 0 Å². The smallest absolute Gasteiger partial charge is 0.173 e. The van der Waals surface area contributed by atoms with E-state index in [9.17, 15) is 5.11 Å². The van der Waals surface area contributed by atoms with Crippen molar-refractivity contribution in [3.63, 3.8) is 0 Å². The Hall–Kier alpha value is 1.12. The van der Waals surface area contributed by atoms with E-state index in [4.69, 9.17) is 46.4 Å². The van der Waals surface area contributed by atoms with Crippen LogP contribution in [0, 0.1) is 0 Å². The van der Waals surface area contributed by atoms with Crippen LogP contribution in [0.4, 0.5) is 0 Å². The van der Waals surface area contributed by atoms with Gasteiger partial charge in [-0.15, -0.1) is 23.2 Å². The first kappa shape index (κ1) is 12.1. The highest BCUT2D eigenvalue weighted by atomic mass is 35.5. The maximum Gasteiger partial charge on any atom is 0.173 e. The second-order valence-electron chi connectivity index (χ2n) is 2.28. The number of hydrogen-bond donors (Lipinski definition) is 1. The first-order valence-corrected chi connectivity index (χ1v) is 4.89. The Labute approximate surface area is 86.6 Å². The Kier molecular flexibility index (Phi) is 5.49. The van der Waals surface area contributed by atoms with E-state index in [1.165, 1.54) is 0 Å². The molecule has 0 bridgehead atoms. The molecule has 5 heteroatoms. The molecule has 0 amide bonds. The van der Waals surface area contributed by atoms with Crippen LogP contribution in [-0.4, -0.2) is 20.4 Å². The summed E-state index contributed by atoms with van der Waals surface area (Å²) in [5.41, 5.74) is 0. The molecule has 0 aromatic carbocycles. The molecular weight excluding hydrogens is 230 g/mol. The predicted molar refractivity (Wildman–Crippen MR) is 50.8 cm³/mol. The topological polar surface area (TPSA) is 20.2 Å². The van der Waals surface area contributed by atoms with Crippen LogP contribution in [0.3, 0.4) is 0 Å². The summed E-state index contributed by atoms with van der Waals surface area (Å²) in [6, 6.07) is 0. The molecular formula is C6H10Cl4O. The quantitative estimate of drug-likeness (QED) is 0.748. The number of hydrogen-bond acceptors (Lipinski definition) is 1. The van der Waals surface area contributed by atoms with Crippen LogP contribution in [0.15, 0.2) is 0 Å². The third-order valence-electron chi connectivity index (χ3n) is 1.30. The fraction of sp³-hybridized carbons (Fsp3) is 1.00. The van der Waals surface area contributed by atoms with Gasteiger partial charge in [0.15, 0.2) is 4.33 Å². The van der Waals surface area contributed by atoms with Crippen LogP contribution in [0.2, 0.25) is 0 Å². The Bertz CT molecular complexity index is 115. The molecule has 1 unspecified atom stereocenters. The number of alkyl halides is 4. The zero-order valence-electron chi connectivity index (χ0n) is 6.03. The van der Waals surface area contributed by atoms with Gasteiger partial charge in [0.2, 0.25) is 0 Å². The number of aliphatic hydroxyl groups is 1. The van der Waals surface area contributed by atoms with E-state index in [1.807, 2.05) is 6.92 Å². The Balaban J connectivity index is 4.05. The third kappa shape index (κ3) is 3.56. The fourth-order valence-electron chi connectivity index (χ4n) is 0.611. The molecule has 1 nitrogen and oxygen atoms in total. The largest absolute Gasteiger partial charge is 0.390 e. The van der Waals surface area contributed by atoms with E-state index >= 15 is 0 Å². The van der Waals surface area contributed by atoms with Crippen molar-refractivity contribution in [3.05, 3.63) is 0 Å². The summed E-state index contributed by atoms with van der Waals surface area (Å²) in [7, 11) is 0. The van der Waals surface area contributed by atoms with Gasteiger partial charge in [0.05, 0.1) is 6.10 Å². The summed E-state index contributed by atoms with van der Waals surface area (Å²) in [4.78, 5) is -0.979. The zero-order valence-corrected chi connectivity index (χ0v) is 9.05. The molecule has 0 aromatic rings. The minimum atomic E-state index is -1.46. The maximum atomic E-state index is 9.31. The summed E-state index contributed by atoms with van der Waals surface area (Å²) in [5, 5.41) is 9.31. The molecule has 0 aliphatic rings. The Morgan fingerprint density at radius 2 is 1.82 bits per heavy atom. The standard InChI is InChI=1S/C6H10Cl4O/c1-2-3-4(11)6(9,10)5(7)8/h4-5,11H,2-3H2,1H3. The minimum Gasteiger partial charge on any atom is -0.390 e. The molecule has 0 saturated heterocycles. The van der Waals surface area contributed by atoms with Crippen LogP contribution >= 0.6 is 46.4 Å². The summed E-state index contributed by atoms with van der Waals surface area (Å²) >= 11 is 22.2. The second-order valence-corrected chi connectivity index (χ2v) is 4.82. The average Bonchev–Trinajstić information content (AvgIpc) is 1.88. The summed E-state index contributed by atoms with van der Waals surface area (Å²) in [5.74, 6) is 0. The molecule has 0 spiro atoms. The number of aliphatic hydroxyl groups excluding tert-OH is 1. The lowest BCUT2D eigenvalue weighted by Gasteiger charge is -2.26. The summed E-state index contributed by atoms with van der Waals surface area (Å²) in [6.45, 7) is 1.91.